The lowest BCUT2D eigenvalue weighted by Gasteiger charge is -2.15. The Morgan fingerprint density at radius 1 is 1.41 bits per heavy atom. The van der Waals surface area contributed by atoms with Gasteiger partial charge in [-0.3, -0.25) is 4.79 Å². The van der Waals surface area contributed by atoms with Crippen LogP contribution in [0, 0.1) is 0 Å². The van der Waals surface area contributed by atoms with Crippen LogP contribution in [0.15, 0.2) is 12.1 Å². The zero-order valence-electron chi connectivity index (χ0n) is 10.6. The highest BCUT2D eigenvalue weighted by Gasteiger charge is 2.18. The number of hydrogen-bond donors (Lipinski definition) is 2. The molecule has 0 saturated carbocycles. The van der Waals surface area contributed by atoms with Crippen LogP contribution in [0.1, 0.15) is 55.9 Å². The molecule has 4 heteroatoms. The van der Waals surface area contributed by atoms with Crippen molar-refractivity contribution in [1.29, 1.82) is 0 Å². The number of carboxylic acids is 1. The molecule has 17 heavy (non-hydrogen) atoms. The summed E-state index contributed by atoms with van der Waals surface area (Å²) in [5, 5.41) is 18.5. The molecule has 1 unspecified atom stereocenters. The van der Waals surface area contributed by atoms with Crippen molar-refractivity contribution in [2.75, 3.05) is 0 Å². The maximum Gasteiger partial charge on any atom is 0.303 e. The smallest absolute Gasteiger partial charge is 0.303 e. The van der Waals surface area contributed by atoms with Gasteiger partial charge < -0.3 is 10.2 Å². The van der Waals surface area contributed by atoms with E-state index in [0.717, 1.165) is 4.88 Å². The number of hydrogen-bond acceptors (Lipinski definition) is 3. The minimum absolute atomic E-state index is 0.101. The Morgan fingerprint density at radius 3 is 2.53 bits per heavy atom. The summed E-state index contributed by atoms with van der Waals surface area (Å²) in [6.45, 7) is 6.41. The van der Waals surface area contributed by atoms with Gasteiger partial charge in [0.15, 0.2) is 0 Å². The zero-order valence-corrected chi connectivity index (χ0v) is 11.4. The van der Waals surface area contributed by atoms with E-state index in [2.05, 4.69) is 20.8 Å². The molecule has 0 aromatic carbocycles. The van der Waals surface area contributed by atoms with Crippen molar-refractivity contribution in [3.63, 3.8) is 0 Å². The molecule has 0 radical (unpaired) electrons. The number of thiophene rings is 1. The molecule has 0 aliphatic carbocycles. The lowest BCUT2D eigenvalue weighted by atomic mass is 9.95. The summed E-state index contributed by atoms with van der Waals surface area (Å²) in [5.41, 5.74) is 0.101. The summed E-state index contributed by atoms with van der Waals surface area (Å²) >= 11 is 1.61. The highest BCUT2D eigenvalue weighted by molar-refractivity contribution is 7.12. The molecule has 1 aromatic heterocycles. The van der Waals surface area contributed by atoms with Crippen LogP contribution in [-0.2, 0) is 10.2 Å². The lowest BCUT2D eigenvalue weighted by Crippen LogP contribution is -2.07. The Morgan fingerprint density at radius 2 is 2.06 bits per heavy atom. The topological polar surface area (TPSA) is 57.5 Å². The van der Waals surface area contributed by atoms with Crippen molar-refractivity contribution >= 4 is 17.3 Å². The first-order valence-electron chi connectivity index (χ1n) is 5.81. The molecule has 1 atom stereocenters. The first-order chi connectivity index (χ1) is 7.80. The van der Waals surface area contributed by atoms with Gasteiger partial charge in [-0.1, -0.05) is 20.8 Å². The quantitative estimate of drug-likeness (QED) is 0.849. The fourth-order valence-corrected chi connectivity index (χ4v) is 2.61. The van der Waals surface area contributed by atoms with E-state index in [9.17, 15) is 9.90 Å². The molecule has 0 aliphatic heterocycles. The Hall–Kier alpha value is -0.870. The van der Waals surface area contributed by atoms with E-state index in [0.29, 0.717) is 12.8 Å². The molecule has 0 fully saturated rings. The number of rotatable bonds is 5. The second-order valence-electron chi connectivity index (χ2n) is 5.25. The number of aliphatic hydroxyl groups is 1. The molecular weight excluding hydrogens is 236 g/mol. The van der Waals surface area contributed by atoms with Gasteiger partial charge in [0.2, 0.25) is 0 Å². The Labute approximate surface area is 106 Å². The van der Waals surface area contributed by atoms with E-state index >= 15 is 0 Å². The molecular formula is C13H20O3S. The van der Waals surface area contributed by atoms with Crippen LogP contribution >= 0.6 is 11.3 Å². The molecule has 3 nitrogen and oxygen atoms in total. The van der Waals surface area contributed by atoms with Crippen LogP contribution in [-0.4, -0.2) is 16.2 Å². The van der Waals surface area contributed by atoms with Crippen LogP contribution in [0.5, 0.6) is 0 Å². The molecule has 96 valence electrons. The van der Waals surface area contributed by atoms with Crippen molar-refractivity contribution in [3.05, 3.63) is 21.9 Å². The molecule has 0 bridgehead atoms. The van der Waals surface area contributed by atoms with Crippen LogP contribution in [0.3, 0.4) is 0 Å². The number of carboxylic acid groups (broad SMARTS) is 1. The van der Waals surface area contributed by atoms with Crippen molar-refractivity contribution in [2.24, 2.45) is 0 Å². The summed E-state index contributed by atoms with van der Waals surface area (Å²) in [7, 11) is 0. The molecule has 2 N–H and O–H groups in total. The van der Waals surface area contributed by atoms with Gasteiger partial charge in [0.05, 0.1) is 6.10 Å². The van der Waals surface area contributed by atoms with Crippen LogP contribution < -0.4 is 0 Å². The highest BCUT2D eigenvalue weighted by atomic mass is 32.1. The third-order valence-electron chi connectivity index (χ3n) is 2.56. The van der Waals surface area contributed by atoms with Gasteiger partial charge in [0, 0.05) is 16.2 Å². The normalized spacial score (nSPS) is 13.6. The standard InChI is InChI=1S/C13H20O3S/c1-13(2,3)11-8-7-10(17-11)9(14)5-4-6-12(15)16/h7-9,14H,4-6H2,1-3H3,(H,15,16). The van der Waals surface area contributed by atoms with Crippen molar-refractivity contribution in [2.45, 2.75) is 51.6 Å². The van der Waals surface area contributed by atoms with Crippen LogP contribution in [0.25, 0.3) is 0 Å². The van der Waals surface area contributed by atoms with Gasteiger partial charge in [-0.25, -0.2) is 0 Å². The zero-order chi connectivity index (χ0) is 13.1. The first kappa shape index (κ1) is 14.2. The van der Waals surface area contributed by atoms with E-state index < -0.39 is 12.1 Å². The monoisotopic (exact) mass is 256 g/mol. The van der Waals surface area contributed by atoms with Crippen molar-refractivity contribution < 1.29 is 15.0 Å². The van der Waals surface area contributed by atoms with Crippen LogP contribution in [0.4, 0.5) is 0 Å². The average molecular weight is 256 g/mol. The SMILES string of the molecule is CC(C)(C)c1ccc(C(O)CCCC(=O)O)s1. The molecule has 1 rings (SSSR count). The van der Waals surface area contributed by atoms with Crippen molar-refractivity contribution in [3.8, 4) is 0 Å². The Kier molecular flexibility index (Phi) is 4.71. The Bertz CT molecular complexity index is 376. The summed E-state index contributed by atoms with van der Waals surface area (Å²) in [5.74, 6) is -0.807. The predicted molar refractivity (Wildman–Crippen MR) is 69.5 cm³/mol. The fourth-order valence-electron chi connectivity index (χ4n) is 1.52. The Balaban J connectivity index is 2.55. The van der Waals surface area contributed by atoms with Gasteiger partial charge in [-0.05, 0) is 30.4 Å². The van der Waals surface area contributed by atoms with Gasteiger partial charge >= 0.3 is 5.97 Å². The van der Waals surface area contributed by atoms with Gasteiger partial charge in [0.1, 0.15) is 0 Å². The van der Waals surface area contributed by atoms with Crippen LogP contribution in [0.2, 0.25) is 0 Å². The average Bonchev–Trinajstić information content (AvgIpc) is 2.64. The fraction of sp³-hybridized carbons (Fsp3) is 0.615. The maximum atomic E-state index is 10.4. The van der Waals surface area contributed by atoms with E-state index in [1.54, 1.807) is 11.3 Å². The molecule has 0 spiro atoms. The van der Waals surface area contributed by atoms with E-state index in [-0.39, 0.29) is 11.8 Å². The molecule has 0 amide bonds. The summed E-state index contributed by atoms with van der Waals surface area (Å²) in [6.07, 6.45) is 0.611. The first-order valence-corrected chi connectivity index (χ1v) is 6.62. The van der Waals surface area contributed by atoms with Gasteiger partial charge in [-0.15, -0.1) is 11.3 Å². The molecule has 1 aromatic rings. The predicted octanol–water partition coefficient (Wildman–Crippen LogP) is 3.33. The lowest BCUT2D eigenvalue weighted by molar-refractivity contribution is -0.137. The molecule has 1 heterocycles. The number of aliphatic hydroxyl groups excluding tert-OH is 1. The highest BCUT2D eigenvalue weighted by Crippen LogP contribution is 2.33. The van der Waals surface area contributed by atoms with E-state index in [1.165, 1.54) is 4.88 Å². The maximum absolute atomic E-state index is 10.4. The van der Waals surface area contributed by atoms with E-state index in [4.69, 9.17) is 5.11 Å². The third kappa shape index (κ3) is 4.48. The van der Waals surface area contributed by atoms with Crippen molar-refractivity contribution in [1.82, 2.24) is 0 Å². The second-order valence-corrected chi connectivity index (χ2v) is 6.37. The number of carbonyl (C=O) groups is 1. The van der Waals surface area contributed by atoms with Gasteiger partial charge in [-0.2, -0.15) is 0 Å². The molecule has 0 aliphatic rings. The summed E-state index contributed by atoms with van der Waals surface area (Å²) < 4.78 is 0. The van der Waals surface area contributed by atoms with E-state index in [1.807, 2.05) is 12.1 Å². The summed E-state index contributed by atoms with van der Waals surface area (Å²) in [6, 6.07) is 3.98. The minimum atomic E-state index is -0.807. The third-order valence-corrected chi connectivity index (χ3v) is 4.17. The number of aliphatic carboxylic acids is 1. The molecule has 0 saturated heterocycles. The largest absolute Gasteiger partial charge is 0.481 e. The summed E-state index contributed by atoms with van der Waals surface area (Å²) in [4.78, 5) is 12.5. The van der Waals surface area contributed by atoms with Gasteiger partial charge in [0.25, 0.3) is 0 Å². The second kappa shape index (κ2) is 5.65. The minimum Gasteiger partial charge on any atom is -0.481 e.